The topological polar surface area (TPSA) is 78.1 Å². The Balaban J connectivity index is 1.22. The Hall–Kier alpha value is -2.75. The number of carbonyl (C=O) groups excluding carboxylic acids is 1. The molecule has 1 aliphatic heterocycles. The van der Waals surface area contributed by atoms with E-state index in [9.17, 15) is 27.2 Å². The number of piperidine rings is 1. The van der Waals surface area contributed by atoms with Crippen molar-refractivity contribution in [1.29, 1.82) is 0 Å². The first-order valence-corrected chi connectivity index (χ1v) is 13.1. The van der Waals surface area contributed by atoms with Crippen LogP contribution in [0.1, 0.15) is 78.7 Å². The third-order valence-electron chi connectivity index (χ3n) is 7.83. The summed E-state index contributed by atoms with van der Waals surface area (Å²) in [4.78, 5) is 33.2. The van der Waals surface area contributed by atoms with Gasteiger partial charge in [0.2, 0.25) is 5.95 Å². The molecule has 3 heterocycles. The summed E-state index contributed by atoms with van der Waals surface area (Å²) in [6.07, 6.45) is 2.75. The van der Waals surface area contributed by atoms with Gasteiger partial charge >= 0.3 is 6.18 Å². The number of aryl methyl sites for hydroxylation is 2. The van der Waals surface area contributed by atoms with E-state index in [1.54, 1.807) is 5.32 Å². The molecule has 1 aliphatic carbocycles. The molecule has 6 nitrogen and oxygen atoms in total. The molecule has 2 aromatic heterocycles. The lowest BCUT2D eigenvalue weighted by Crippen LogP contribution is -2.40. The zero-order valence-corrected chi connectivity index (χ0v) is 21.0. The largest absolute Gasteiger partial charge is 0.405 e. The first-order chi connectivity index (χ1) is 17.6. The first kappa shape index (κ1) is 27.3. The van der Waals surface area contributed by atoms with Gasteiger partial charge < -0.3 is 15.2 Å². The van der Waals surface area contributed by atoms with Crippen molar-refractivity contribution in [2.24, 2.45) is 5.92 Å². The second kappa shape index (κ2) is 11.8. The van der Waals surface area contributed by atoms with Gasteiger partial charge in [-0.1, -0.05) is 19.1 Å². The maximum atomic E-state index is 14.4. The van der Waals surface area contributed by atoms with E-state index < -0.39 is 24.6 Å². The molecule has 10 heteroatoms. The molecule has 0 aromatic carbocycles. The van der Waals surface area contributed by atoms with Gasteiger partial charge in [0.05, 0.1) is 0 Å². The van der Waals surface area contributed by atoms with Crippen LogP contribution < -0.4 is 10.9 Å². The lowest BCUT2D eigenvalue weighted by atomic mass is 9.90. The summed E-state index contributed by atoms with van der Waals surface area (Å²) in [6.45, 7) is 2.48. The minimum Gasteiger partial charge on any atom is -0.342 e. The quantitative estimate of drug-likeness (QED) is 0.388. The number of H-pyrrole nitrogens is 1. The van der Waals surface area contributed by atoms with E-state index in [4.69, 9.17) is 0 Å². The van der Waals surface area contributed by atoms with Gasteiger partial charge in [-0.2, -0.15) is 17.6 Å². The van der Waals surface area contributed by atoms with Crippen LogP contribution in [0.15, 0.2) is 29.1 Å². The van der Waals surface area contributed by atoms with Gasteiger partial charge in [-0.05, 0) is 82.5 Å². The second-order valence-electron chi connectivity index (χ2n) is 10.2. The molecule has 37 heavy (non-hydrogen) atoms. The fraction of sp³-hybridized carbons (Fsp3) is 0.593. The number of likely N-dealkylation sites (tertiary alicyclic amines) is 1. The minimum atomic E-state index is -4.54. The van der Waals surface area contributed by atoms with Crippen LogP contribution in [-0.4, -0.2) is 52.6 Å². The standard InChI is InChI=1S/C27H34F4N4O2/c1-2-18-6-9-22(34-25(18)36)20-5-8-21(15-20)35-13-11-17(12-14-35)3-4-19-7-10-23(33-24(19)28)26(37)32-16-27(29,30)31/h6-7,9-10,17,20-21H,2-5,8,11-16H2,1H3,(H,32,37)(H,34,36)/t20-,21-/m1/s1. The van der Waals surface area contributed by atoms with Crippen LogP contribution >= 0.6 is 0 Å². The molecule has 1 saturated heterocycles. The normalized spacial score (nSPS) is 21.3. The fourth-order valence-electron chi connectivity index (χ4n) is 5.62. The number of nitrogens with one attached hydrogen (secondary N) is 2. The molecule has 1 amide bonds. The van der Waals surface area contributed by atoms with Crippen LogP contribution in [0.3, 0.4) is 0 Å². The second-order valence-corrected chi connectivity index (χ2v) is 10.2. The Labute approximate surface area is 213 Å². The number of aromatic amines is 1. The van der Waals surface area contributed by atoms with Gasteiger partial charge in [-0.25, -0.2) is 4.98 Å². The number of aromatic nitrogens is 2. The van der Waals surface area contributed by atoms with Crippen LogP contribution in [0, 0.1) is 11.9 Å². The predicted octanol–water partition coefficient (Wildman–Crippen LogP) is 4.74. The molecule has 1 saturated carbocycles. The molecular weight excluding hydrogens is 488 g/mol. The Bertz CT molecular complexity index is 1140. The van der Waals surface area contributed by atoms with Crippen molar-refractivity contribution < 1.29 is 22.4 Å². The predicted molar refractivity (Wildman–Crippen MR) is 132 cm³/mol. The van der Waals surface area contributed by atoms with E-state index in [1.165, 1.54) is 12.1 Å². The van der Waals surface area contributed by atoms with Crippen LogP contribution in [0.4, 0.5) is 17.6 Å². The van der Waals surface area contributed by atoms with Gasteiger partial charge in [0.15, 0.2) is 0 Å². The zero-order valence-electron chi connectivity index (χ0n) is 21.0. The van der Waals surface area contributed by atoms with Gasteiger partial charge in [-0.3, -0.25) is 9.59 Å². The van der Waals surface area contributed by atoms with Crippen LogP contribution in [0.5, 0.6) is 0 Å². The average molecular weight is 523 g/mol. The maximum Gasteiger partial charge on any atom is 0.405 e. The van der Waals surface area contributed by atoms with Gasteiger partial charge in [0.1, 0.15) is 12.2 Å². The number of halogens is 4. The van der Waals surface area contributed by atoms with E-state index in [0.717, 1.165) is 69.3 Å². The monoisotopic (exact) mass is 522 g/mol. The maximum absolute atomic E-state index is 14.4. The molecule has 0 radical (unpaired) electrons. The Kier molecular flexibility index (Phi) is 8.67. The lowest BCUT2D eigenvalue weighted by Gasteiger charge is -2.36. The molecule has 0 unspecified atom stereocenters. The molecule has 2 N–H and O–H groups in total. The van der Waals surface area contributed by atoms with Crippen molar-refractivity contribution in [2.45, 2.75) is 76.4 Å². The highest BCUT2D eigenvalue weighted by Crippen LogP contribution is 2.37. The van der Waals surface area contributed by atoms with Crippen LogP contribution in [0.2, 0.25) is 0 Å². The summed E-state index contributed by atoms with van der Waals surface area (Å²) < 4.78 is 51.2. The molecule has 2 aromatic rings. The number of carbonyl (C=O) groups is 1. The smallest absolute Gasteiger partial charge is 0.342 e. The van der Waals surface area contributed by atoms with Crippen molar-refractivity contribution in [2.75, 3.05) is 19.6 Å². The third-order valence-corrected chi connectivity index (χ3v) is 7.83. The molecule has 2 fully saturated rings. The number of rotatable bonds is 8. The molecule has 2 atom stereocenters. The van der Waals surface area contributed by atoms with E-state index in [0.29, 0.717) is 29.9 Å². The lowest BCUT2D eigenvalue weighted by molar-refractivity contribution is -0.123. The van der Waals surface area contributed by atoms with Crippen molar-refractivity contribution in [1.82, 2.24) is 20.2 Å². The molecule has 0 bridgehead atoms. The number of hydrogen-bond donors (Lipinski definition) is 2. The Morgan fingerprint density at radius 1 is 1.11 bits per heavy atom. The van der Waals surface area contributed by atoms with E-state index >= 15 is 0 Å². The molecular formula is C27H34F4N4O2. The number of hydrogen-bond acceptors (Lipinski definition) is 4. The summed E-state index contributed by atoms with van der Waals surface area (Å²) in [5, 5.41) is 1.70. The fourth-order valence-corrected chi connectivity index (χ4v) is 5.62. The van der Waals surface area contributed by atoms with Gasteiger partial charge in [0, 0.05) is 28.8 Å². The summed E-state index contributed by atoms with van der Waals surface area (Å²) in [7, 11) is 0. The summed E-state index contributed by atoms with van der Waals surface area (Å²) in [5.74, 6) is -1.01. The van der Waals surface area contributed by atoms with Gasteiger partial charge in [0.25, 0.3) is 11.5 Å². The highest BCUT2D eigenvalue weighted by atomic mass is 19.4. The van der Waals surface area contributed by atoms with Crippen LogP contribution in [-0.2, 0) is 12.8 Å². The number of amides is 1. The van der Waals surface area contributed by atoms with E-state index in [-0.39, 0.29) is 11.3 Å². The number of nitrogens with zero attached hydrogens (tertiary/aromatic N) is 2. The van der Waals surface area contributed by atoms with Crippen molar-refractivity contribution >= 4 is 5.91 Å². The highest BCUT2D eigenvalue weighted by molar-refractivity contribution is 5.92. The summed E-state index contributed by atoms with van der Waals surface area (Å²) in [6, 6.07) is 7.23. The highest BCUT2D eigenvalue weighted by Gasteiger charge is 2.33. The molecule has 2 aliphatic rings. The third kappa shape index (κ3) is 7.18. The van der Waals surface area contributed by atoms with Crippen LogP contribution in [0.25, 0.3) is 0 Å². The number of alkyl halides is 3. The average Bonchev–Trinajstić information content (AvgIpc) is 3.37. The van der Waals surface area contributed by atoms with E-state index in [2.05, 4.69) is 20.9 Å². The Morgan fingerprint density at radius 3 is 2.49 bits per heavy atom. The van der Waals surface area contributed by atoms with Crippen molar-refractivity contribution in [3.8, 4) is 0 Å². The first-order valence-electron chi connectivity index (χ1n) is 13.1. The number of pyridine rings is 2. The van der Waals surface area contributed by atoms with E-state index in [1.807, 2.05) is 13.0 Å². The SMILES string of the molecule is CCc1ccc([C@@H]2CC[C@@H](N3CCC(CCc4ccc(C(=O)NCC(F)(F)F)nc4F)CC3)C2)[nH]c1=O. The van der Waals surface area contributed by atoms with Crippen molar-refractivity contribution in [3.05, 3.63) is 63.1 Å². The summed E-state index contributed by atoms with van der Waals surface area (Å²) >= 11 is 0. The molecule has 202 valence electrons. The van der Waals surface area contributed by atoms with Crippen molar-refractivity contribution in [3.63, 3.8) is 0 Å². The molecule has 4 rings (SSSR count). The zero-order chi connectivity index (χ0) is 26.6. The molecule has 0 spiro atoms. The minimum absolute atomic E-state index is 0.0234. The Morgan fingerprint density at radius 2 is 1.84 bits per heavy atom. The summed E-state index contributed by atoms with van der Waals surface area (Å²) in [5.41, 5.74) is 1.89. The van der Waals surface area contributed by atoms with Gasteiger partial charge in [-0.15, -0.1) is 0 Å².